The number of aryl methyl sites for hydroxylation is 2. The van der Waals surface area contributed by atoms with Crippen LogP contribution in [0.1, 0.15) is 52.5 Å². The van der Waals surface area contributed by atoms with E-state index in [1.165, 1.54) is 28.7 Å². The zero-order chi connectivity index (χ0) is 20.8. The third-order valence-corrected chi connectivity index (χ3v) is 6.58. The number of carbonyl (C=O) groups is 1. The molecule has 2 heterocycles. The highest BCUT2D eigenvalue weighted by Gasteiger charge is 2.19. The fourth-order valence-corrected chi connectivity index (χ4v) is 5.04. The van der Waals surface area contributed by atoms with E-state index in [4.69, 9.17) is 4.74 Å². The normalized spacial score (nSPS) is 13.2. The molecule has 6 nitrogen and oxygen atoms in total. The largest absolute Gasteiger partial charge is 0.382 e. The fourth-order valence-electron chi connectivity index (χ4n) is 3.81. The third-order valence-electron chi connectivity index (χ3n) is 5.38. The van der Waals surface area contributed by atoms with Gasteiger partial charge in [-0.25, -0.2) is 9.97 Å². The van der Waals surface area contributed by atoms with Gasteiger partial charge in [-0.2, -0.15) is 0 Å². The van der Waals surface area contributed by atoms with Crippen LogP contribution in [-0.4, -0.2) is 35.6 Å². The number of anilines is 1. The Bertz CT molecular complexity index is 1000. The van der Waals surface area contributed by atoms with Crippen molar-refractivity contribution in [2.75, 3.05) is 25.1 Å². The van der Waals surface area contributed by atoms with Gasteiger partial charge in [0.2, 0.25) is 0 Å². The molecule has 0 fully saturated rings. The minimum absolute atomic E-state index is 0.0478. The van der Waals surface area contributed by atoms with Gasteiger partial charge >= 0.3 is 0 Å². The maximum absolute atomic E-state index is 12.2. The average molecular weight is 425 g/mol. The Morgan fingerprint density at radius 2 is 2.00 bits per heavy atom. The molecule has 4 rings (SSSR count). The lowest BCUT2D eigenvalue weighted by Crippen LogP contribution is -2.25. The molecule has 158 valence electrons. The summed E-state index contributed by atoms with van der Waals surface area (Å²) in [6, 6.07) is 7.72. The molecular formula is C23H28N4O2S. The van der Waals surface area contributed by atoms with E-state index < -0.39 is 0 Å². The van der Waals surface area contributed by atoms with E-state index in [0.29, 0.717) is 31.9 Å². The Morgan fingerprint density at radius 1 is 1.17 bits per heavy atom. The van der Waals surface area contributed by atoms with Gasteiger partial charge in [0.15, 0.2) is 0 Å². The van der Waals surface area contributed by atoms with Crippen molar-refractivity contribution in [2.24, 2.45) is 0 Å². The first-order valence-electron chi connectivity index (χ1n) is 10.7. The lowest BCUT2D eigenvalue weighted by molar-refractivity contribution is 0.0944. The molecule has 1 aliphatic carbocycles. The van der Waals surface area contributed by atoms with Crippen LogP contribution < -0.4 is 10.6 Å². The summed E-state index contributed by atoms with van der Waals surface area (Å²) in [5.74, 6) is 0.865. The molecular weight excluding hydrogens is 396 g/mol. The number of benzene rings is 1. The topological polar surface area (TPSA) is 76.1 Å². The van der Waals surface area contributed by atoms with Crippen molar-refractivity contribution in [3.8, 4) is 0 Å². The molecule has 0 saturated heterocycles. The monoisotopic (exact) mass is 424 g/mol. The predicted molar refractivity (Wildman–Crippen MR) is 121 cm³/mol. The summed E-state index contributed by atoms with van der Waals surface area (Å²) in [6.07, 6.45) is 7.24. The van der Waals surface area contributed by atoms with E-state index in [-0.39, 0.29) is 5.91 Å². The number of hydrogen-bond acceptors (Lipinski definition) is 6. The molecule has 0 aliphatic heterocycles. The SMILES string of the molecule is CCOCCCNC(=O)c1ccc(CNc2ncnc3sc4c(c23)CCCC4)cc1. The predicted octanol–water partition coefficient (Wildman–Crippen LogP) is 4.34. The Morgan fingerprint density at radius 3 is 2.83 bits per heavy atom. The molecule has 1 amide bonds. The molecule has 1 aliphatic rings. The van der Waals surface area contributed by atoms with E-state index in [2.05, 4.69) is 20.6 Å². The lowest BCUT2D eigenvalue weighted by Gasteiger charge is -2.12. The van der Waals surface area contributed by atoms with Crippen LogP contribution in [0.5, 0.6) is 0 Å². The quantitative estimate of drug-likeness (QED) is 0.500. The van der Waals surface area contributed by atoms with Gasteiger partial charge in [0.25, 0.3) is 5.91 Å². The van der Waals surface area contributed by atoms with Crippen molar-refractivity contribution in [1.82, 2.24) is 15.3 Å². The van der Waals surface area contributed by atoms with Crippen LogP contribution >= 0.6 is 11.3 Å². The minimum atomic E-state index is -0.0478. The van der Waals surface area contributed by atoms with Crippen LogP contribution in [0.4, 0.5) is 5.82 Å². The number of nitrogens with zero attached hydrogens (tertiary/aromatic N) is 2. The number of nitrogens with one attached hydrogen (secondary N) is 2. The summed E-state index contributed by atoms with van der Waals surface area (Å²) in [5.41, 5.74) is 3.21. The number of aromatic nitrogens is 2. The van der Waals surface area contributed by atoms with E-state index >= 15 is 0 Å². The minimum Gasteiger partial charge on any atom is -0.382 e. The second-order valence-electron chi connectivity index (χ2n) is 7.47. The van der Waals surface area contributed by atoms with Crippen molar-refractivity contribution in [2.45, 2.75) is 45.6 Å². The number of carbonyl (C=O) groups excluding carboxylic acids is 1. The summed E-state index contributed by atoms with van der Waals surface area (Å²) in [7, 11) is 0. The standard InChI is InChI=1S/C23H28N4O2S/c1-2-29-13-5-12-24-22(28)17-10-8-16(9-11-17)14-25-21-20-18-6-3-4-7-19(18)30-23(20)27-15-26-21/h8-11,15H,2-7,12-14H2,1H3,(H,24,28)(H,25,26,27). The first-order valence-corrected chi connectivity index (χ1v) is 11.5. The molecule has 2 aromatic heterocycles. The molecule has 0 bridgehead atoms. The second kappa shape index (κ2) is 10.00. The van der Waals surface area contributed by atoms with Gasteiger partial charge < -0.3 is 15.4 Å². The Labute approximate surface area is 181 Å². The zero-order valence-corrected chi connectivity index (χ0v) is 18.2. The van der Waals surface area contributed by atoms with Gasteiger partial charge in [0.05, 0.1) is 5.39 Å². The molecule has 1 aromatic carbocycles. The van der Waals surface area contributed by atoms with Crippen molar-refractivity contribution in [3.63, 3.8) is 0 Å². The second-order valence-corrected chi connectivity index (χ2v) is 8.55. The maximum atomic E-state index is 12.2. The molecule has 0 spiro atoms. The first-order chi connectivity index (χ1) is 14.8. The van der Waals surface area contributed by atoms with Gasteiger partial charge in [0.1, 0.15) is 17.0 Å². The van der Waals surface area contributed by atoms with E-state index in [0.717, 1.165) is 35.5 Å². The van der Waals surface area contributed by atoms with Crippen molar-refractivity contribution >= 4 is 33.3 Å². The van der Waals surface area contributed by atoms with Gasteiger partial charge in [-0.15, -0.1) is 11.3 Å². The fraction of sp³-hybridized carbons (Fsp3) is 0.435. The van der Waals surface area contributed by atoms with Gasteiger partial charge in [-0.1, -0.05) is 12.1 Å². The van der Waals surface area contributed by atoms with Crippen LogP contribution in [0, 0.1) is 0 Å². The number of amides is 1. The van der Waals surface area contributed by atoms with Crippen molar-refractivity contribution in [3.05, 3.63) is 52.2 Å². The number of fused-ring (bicyclic) bond motifs is 3. The lowest BCUT2D eigenvalue weighted by atomic mass is 9.97. The smallest absolute Gasteiger partial charge is 0.251 e. The molecule has 30 heavy (non-hydrogen) atoms. The highest BCUT2D eigenvalue weighted by Crippen LogP contribution is 2.38. The number of ether oxygens (including phenoxy) is 1. The Hall–Kier alpha value is -2.51. The molecule has 3 aromatic rings. The average Bonchev–Trinajstić information content (AvgIpc) is 3.17. The van der Waals surface area contributed by atoms with Crippen LogP contribution in [-0.2, 0) is 24.1 Å². The van der Waals surface area contributed by atoms with Crippen LogP contribution in [0.25, 0.3) is 10.2 Å². The third kappa shape index (κ3) is 4.79. The number of thiophene rings is 1. The van der Waals surface area contributed by atoms with Gasteiger partial charge in [0, 0.05) is 36.7 Å². The molecule has 0 atom stereocenters. The van der Waals surface area contributed by atoms with Crippen LogP contribution in [0.2, 0.25) is 0 Å². The highest BCUT2D eigenvalue weighted by atomic mass is 32.1. The highest BCUT2D eigenvalue weighted by molar-refractivity contribution is 7.19. The summed E-state index contributed by atoms with van der Waals surface area (Å²) in [6.45, 7) is 4.63. The summed E-state index contributed by atoms with van der Waals surface area (Å²) < 4.78 is 5.29. The van der Waals surface area contributed by atoms with Crippen molar-refractivity contribution in [1.29, 1.82) is 0 Å². The Balaban J connectivity index is 1.37. The summed E-state index contributed by atoms with van der Waals surface area (Å²) in [4.78, 5) is 23.8. The molecule has 0 unspecified atom stereocenters. The molecule has 0 saturated carbocycles. The van der Waals surface area contributed by atoms with Crippen LogP contribution in [0.15, 0.2) is 30.6 Å². The molecule has 0 radical (unpaired) electrons. The summed E-state index contributed by atoms with van der Waals surface area (Å²) >= 11 is 1.81. The van der Waals surface area contributed by atoms with E-state index in [1.54, 1.807) is 6.33 Å². The van der Waals surface area contributed by atoms with Gasteiger partial charge in [-0.05, 0) is 62.3 Å². The van der Waals surface area contributed by atoms with Crippen LogP contribution in [0.3, 0.4) is 0 Å². The number of hydrogen-bond donors (Lipinski definition) is 2. The number of rotatable bonds is 9. The van der Waals surface area contributed by atoms with Crippen molar-refractivity contribution < 1.29 is 9.53 Å². The molecule has 7 heteroatoms. The Kier molecular flexibility index (Phi) is 6.92. The molecule has 2 N–H and O–H groups in total. The zero-order valence-electron chi connectivity index (χ0n) is 17.4. The maximum Gasteiger partial charge on any atom is 0.251 e. The summed E-state index contributed by atoms with van der Waals surface area (Å²) in [5, 5.41) is 7.61. The van der Waals surface area contributed by atoms with E-state index in [1.807, 2.05) is 42.5 Å². The van der Waals surface area contributed by atoms with E-state index in [9.17, 15) is 4.79 Å². The first kappa shape index (κ1) is 20.8. The van der Waals surface area contributed by atoms with Gasteiger partial charge in [-0.3, -0.25) is 4.79 Å².